The molecular weight excluding hydrogens is 188 g/mol. The molecule has 0 saturated carbocycles. The van der Waals surface area contributed by atoms with E-state index in [4.69, 9.17) is 0 Å². The molecule has 0 amide bonds. The lowest BCUT2D eigenvalue weighted by Crippen LogP contribution is -2.13. The van der Waals surface area contributed by atoms with Crippen LogP contribution in [0.25, 0.3) is 0 Å². The average Bonchev–Trinajstić information content (AvgIpc) is 2.18. The zero-order valence-corrected chi connectivity index (χ0v) is 8.15. The molecule has 0 aliphatic rings. The highest BCUT2D eigenvalue weighted by Gasteiger charge is 2.03. The fourth-order valence-corrected chi connectivity index (χ4v) is 0.536. The molecule has 0 saturated heterocycles. The Bertz CT molecular complexity index is 199. The van der Waals surface area contributed by atoms with Crippen LogP contribution < -0.4 is 0 Å². The Balaban J connectivity index is 3.35. The maximum absolute atomic E-state index is 10.7. The Morgan fingerprint density at radius 3 is 2.57 bits per heavy atom. The maximum Gasteiger partial charge on any atom is 0.511 e. The van der Waals surface area contributed by atoms with Gasteiger partial charge in [0.05, 0.1) is 6.61 Å². The summed E-state index contributed by atoms with van der Waals surface area (Å²) in [5, 5.41) is 0. The maximum atomic E-state index is 10.7. The van der Waals surface area contributed by atoms with E-state index in [9.17, 15) is 9.59 Å². The van der Waals surface area contributed by atoms with Crippen molar-refractivity contribution in [3.63, 3.8) is 0 Å². The molecule has 0 aromatic heterocycles. The number of carbonyl (C=O) groups excluding carboxylic acids is 2. The molecule has 0 rings (SSSR count). The Kier molecular flexibility index (Phi) is 7.22. The second kappa shape index (κ2) is 8.10. The molecule has 0 spiro atoms. The second-order valence-electron chi connectivity index (χ2n) is 2.38. The van der Waals surface area contributed by atoms with Crippen molar-refractivity contribution in [1.29, 1.82) is 0 Å². The first-order valence-electron chi connectivity index (χ1n) is 4.29. The predicted molar refractivity (Wildman–Crippen MR) is 48.5 cm³/mol. The number of esters is 1. The molecule has 80 valence electrons. The summed E-state index contributed by atoms with van der Waals surface area (Å²) < 4.78 is 13.4. The minimum atomic E-state index is -0.838. The first kappa shape index (κ1) is 12.5. The van der Waals surface area contributed by atoms with Crippen LogP contribution in [-0.4, -0.2) is 25.5 Å². The lowest BCUT2D eigenvalue weighted by atomic mass is 10.4. The molecule has 0 unspecified atom stereocenters. The Labute approximate surface area is 82.6 Å². The normalized spacial score (nSPS) is 8.93. The molecule has 0 aromatic rings. The van der Waals surface area contributed by atoms with E-state index in [-0.39, 0.29) is 0 Å². The summed E-state index contributed by atoms with van der Waals surface area (Å²) >= 11 is 0. The molecule has 0 aliphatic carbocycles. The number of hydrogen-bond acceptors (Lipinski definition) is 5. The molecule has 0 N–H and O–H groups in total. The van der Waals surface area contributed by atoms with E-state index >= 15 is 0 Å². The van der Waals surface area contributed by atoms with Gasteiger partial charge in [-0.2, -0.15) is 0 Å². The van der Waals surface area contributed by atoms with Gasteiger partial charge < -0.3 is 14.2 Å². The fraction of sp³-hybridized carbons (Fsp3) is 0.556. The zero-order valence-electron chi connectivity index (χ0n) is 8.15. The number of ether oxygens (including phenoxy) is 3. The van der Waals surface area contributed by atoms with Gasteiger partial charge in [0.25, 0.3) is 0 Å². The highest BCUT2D eigenvalue weighted by atomic mass is 16.8. The monoisotopic (exact) mass is 202 g/mol. The van der Waals surface area contributed by atoms with Crippen molar-refractivity contribution < 1.29 is 23.8 Å². The van der Waals surface area contributed by atoms with Crippen LogP contribution >= 0.6 is 0 Å². The molecule has 0 bridgehead atoms. The largest absolute Gasteiger partial charge is 0.511 e. The van der Waals surface area contributed by atoms with Crippen LogP contribution in [-0.2, 0) is 19.0 Å². The first-order valence-corrected chi connectivity index (χ1v) is 4.29. The van der Waals surface area contributed by atoms with Gasteiger partial charge in [-0.05, 0) is 6.42 Å². The summed E-state index contributed by atoms with van der Waals surface area (Å²) in [7, 11) is 0. The van der Waals surface area contributed by atoms with Crippen molar-refractivity contribution in [2.45, 2.75) is 19.8 Å². The second-order valence-corrected chi connectivity index (χ2v) is 2.38. The smallest absolute Gasteiger partial charge is 0.434 e. The van der Waals surface area contributed by atoms with Gasteiger partial charge in [-0.15, -0.1) is 0 Å². The van der Waals surface area contributed by atoms with Gasteiger partial charge in [-0.1, -0.05) is 19.9 Å². The Morgan fingerprint density at radius 2 is 2.00 bits per heavy atom. The summed E-state index contributed by atoms with van der Waals surface area (Å²) in [5.74, 6) is -0.647. The van der Waals surface area contributed by atoms with Gasteiger partial charge >= 0.3 is 12.1 Å². The third kappa shape index (κ3) is 7.15. The Hall–Kier alpha value is -1.52. The molecule has 0 heterocycles. The molecule has 0 aromatic carbocycles. The quantitative estimate of drug-likeness (QED) is 0.283. The zero-order chi connectivity index (χ0) is 10.8. The van der Waals surface area contributed by atoms with Crippen molar-refractivity contribution in [1.82, 2.24) is 0 Å². The average molecular weight is 202 g/mol. The summed E-state index contributed by atoms with van der Waals surface area (Å²) in [6.45, 7) is 5.01. The first-order chi connectivity index (χ1) is 6.70. The molecule has 0 fully saturated rings. The number of hydrogen-bond donors (Lipinski definition) is 0. The van der Waals surface area contributed by atoms with E-state index in [2.05, 4.69) is 20.8 Å². The van der Waals surface area contributed by atoms with Crippen LogP contribution in [0.15, 0.2) is 12.7 Å². The van der Waals surface area contributed by atoms with E-state index in [1.54, 1.807) is 0 Å². The lowest BCUT2D eigenvalue weighted by molar-refractivity contribution is -0.147. The molecule has 14 heavy (non-hydrogen) atoms. The van der Waals surface area contributed by atoms with Gasteiger partial charge in [0, 0.05) is 6.08 Å². The van der Waals surface area contributed by atoms with E-state index in [1.807, 2.05) is 6.92 Å². The van der Waals surface area contributed by atoms with Crippen LogP contribution in [0, 0.1) is 0 Å². The van der Waals surface area contributed by atoms with Crippen LogP contribution in [0.1, 0.15) is 19.8 Å². The van der Waals surface area contributed by atoms with Crippen LogP contribution in [0.5, 0.6) is 0 Å². The minimum Gasteiger partial charge on any atom is -0.434 e. The van der Waals surface area contributed by atoms with Crippen molar-refractivity contribution >= 4 is 12.1 Å². The SMILES string of the molecule is C=CC(=O)OCOC(=O)OCCCC. The number of rotatable bonds is 6. The van der Waals surface area contributed by atoms with Crippen molar-refractivity contribution in [2.75, 3.05) is 13.4 Å². The highest BCUT2D eigenvalue weighted by molar-refractivity contribution is 5.81. The minimum absolute atomic E-state index is 0.310. The van der Waals surface area contributed by atoms with Crippen molar-refractivity contribution in [3.8, 4) is 0 Å². The lowest BCUT2D eigenvalue weighted by Gasteiger charge is -2.04. The van der Waals surface area contributed by atoms with E-state index in [0.717, 1.165) is 18.9 Å². The number of unbranched alkanes of at least 4 members (excludes halogenated alkanes) is 1. The molecular formula is C9H14O5. The molecule has 0 atom stereocenters. The molecule has 0 radical (unpaired) electrons. The number of carbonyl (C=O) groups is 2. The molecule has 0 aliphatic heterocycles. The predicted octanol–water partition coefficient (Wildman–Crippen LogP) is 1.63. The molecule has 5 nitrogen and oxygen atoms in total. The van der Waals surface area contributed by atoms with Crippen LogP contribution in [0.3, 0.4) is 0 Å². The topological polar surface area (TPSA) is 61.8 Å². The Morgan fingerprint density at radius 1 is 1.29 bits per heavy atom. The van der Waals surface area contributed by atoms with Crippen LogP contribution in [0.2, 0.25) is 0 Å². The van der Waals surface area contributed by atoms with E-state index in [0.29, 0.717) is 6.61 Å². The van der Waals surface area contributed by atoms with Gasteiger partial charge in [0.1, 0.15) is 0 Å². The summed E-state index contributed by atoms with van der Waals surface area (Å²) in [4.78, 5) is 21.2. The van der Waals surface area contributed by atoms with Gasteiger partial charge in [-0.3, -0.25) is 0 Å². The van der Waals surface area contributed by atoms with E-state index in [1.165, 1.54) is 0 Å². The van der Waals surface area contributed by atoms with Crippen LogP contribution in [0.4, 0.5) is 4.79 Å². The summed E-state index contributed by atoms with van der Waals surface area (Å²) in [6.07, 6.45) is 1.85. The highest BCUT2D eigenvalue weighted by Crippen LogP contribution is 1.92. The summed E-state index contributed by atoms with van der Waals surface area (Å²) in [5.41, 5.74) is 0. The third-order valence-corrected chi connectivity index (χ3v) is 1.26. The molecule has 5 heteroatoms. The van der Waals surface area contributed by atoms with Gasteiger partial charge in [0.15, 0.2) is 0 Å². The third-order valence-electron chi connectivity index (χ3n) is 1.26. The standard InChI is InChI=1S/C9H14O5/c1-3-5-6-12-9(11)14-7-13-8(10)4-2/h4H,2-3,5-7H2,1H3. The van der Waals surface area contributed by atoms with Gasteiger partial charge in [-0.25, -0.2) is 9.59 Å². The summed E-state index contributed by atoms with van der Waals surface area (Å²) in [6, 6.07) is 0. The fourth-order valence-electron chi connectivity index (χ4n) is 0.536. The van der Waals surface area contributed by atoms with Gasteiger partial charge in [0.2, 0.25) is 6.79 Å². The van der Waals surface area contributed by atoms with Crippen molar-refractivity contribution in [3.05, 3.63) is 12.7 Å². The van der Waals surface area contributed by atoms with Crippen molar-refractivity contribution in [2.24, 2.45) is 0 Å². The van der Waals surface area contributed by atoms with E-state index < -0.39 is 18.9 Å².